The van der Waals surface area contributed by atoms with Gasteiger partial charge in [0.05, 0.1) is 5.54 Å². The molecule has 0 aromatic heterocycles. The molecule has 0 unspecified atom stereocenters. The van der Waals surface area contributed by atoms with Gasteiger partial charge < -0.3 is 10.4 Å². The van der Waals surface area contributed by atoms with Gasteiger partial charge in [-0.3, -0.25) is 4.79 Å². The van der Waals surface area contributed by atoms with E-state index < -0.39 is 17.4 Å². The molecular weight excluding hydrogens is 192 g/mol. The summed E-state index contributed by atoms with van der Waals surface area (Å²) in [5, 5.41) is 12.0. The van der Waals surface area contributed by atoms with Gasteiger partial charge in [0, 0.05) is 18.9 Å². The average molecular weight is 203 g/mol. The summed E-state index contributed by atoms with van der Waals surface area (Å²) in [6.07, 6.45) is 0.710. The molecule has 2 N–H and O–H groups in total. The van der Waals surface area contributed by atoms with E-state index in [-0.39, 0.29) is 31.4 Å². The molecule has 5 heteroatoms. The number of halogens is 2. The number of alkyl halides is 2. The van der Waals surface area contributed by atoms with Crippen LogP contribution in [0.1, 0.15) is 25.7 Å². The monoisotopic (exact) mass is 203 g/mol. The lowest BCUT2D eigenvalue weighted by Gasteiger charge is -2.36. The largest absolute Gasteiger partial charge is 0.510 e. The van der Waals surface area contributed by atoms with Gasteiger partial charge in [0.25, 0.3) is 0 Å². The van der Waals surface area contributed by atoms with Crippen molar-refractivity contribution in [2.75, 3.05) is 0 Å². The SMILES string of the molecule is O=C1C=C(O)C2(CCC(F)(F)CC2)N1. The van der Waals surface area contributed by atoms with Crippen LogP contribution in [-0.4, -0.2) is 22.5 Å². The molecule has 3 nitrogen and oxygen atoms in total. The summed E-state index contributed by atoms with van der Waals surface area (Å²) >= 11 is 0. The molecule has 0 aromatic carbocycles. The van der Waals surface area contributed by atoms with Gasteiger partial charge in [0.15, 0.2) is 0 Å². The number of amides is 1. The van der Waals surface area contributed by atoms with Crippen LogP contribution in [-0.2, 0) is 4.79 Å². The van der Waals surface area contributed by atoms with Crippen molar-refractivity contribution in [1.82, 2.24) is 5.32 Å². The smallest absolute Gasteiger partial charge is 0.248 e. The number of carbonyl (C=O) groups excluding carboxylic acids is 1. The first-order valence-corrected chi connectivity index (χ1v) is 4.55. The van der Waals surface area contributed by atoms with Crippen molar-refractivity contribution < 1.29 is 18.7 Å². The van der Waals surface area contributed by atoms with Crippen LogP contribution in [0.15, 0.2) is 11.8 Å². The fourth-order valence-corrected chi connectivity index (χ4v) is 2.02. The number of nitrogens with one attached hydrogen (secondary N) is 1. The number of aliphatic hydroxyl groups is 1. The minimum atomic E-state index is -2.65. The third-order valence-corrected chi connectivity index (χ3v) is 2.96. The fourth-order valence-electron chi connectivity index (χ4n) is 2.02. The second kappa shape index (κ2) is 2.68. The Kier molecular flexibility index (Phi) is 1.81. The molecule has 1 saturated carbocycles. The van der Waals surface area contributed by atoms with Gasteiger partial charge >= 0.3 is 0 Å². The molecule has 0 aromatic rings. The van der Waals surface area contributed by atoms with Gasteiger partial charge in [0.2, 0.25) is 11.8 Å². The predicted molar refractivity (Wildman–Crippen MR) is 45.0 cm³/mol. The topological polar surface area (TPSA) is 49.3 Å². The zero-order chi connectivity index (χ0) is 10.4. The Morgan fingerprint density at radius 1 is 1.29 bits per heavy atom. The van der Waals surface area contributed by atoms with E-state index in [9.17, 15) is 18.7 Å². The Morgan fingerprint density at radius 3 is 2.29 bits per heavy atom. The van der Waals surface area contributed by atoms with E-state index in [0.29, 0.717) is 0 Å². The Hall–Kier alpha value is -1.13. The maximum absolute atomic E-state index is 12.9. The number of rotatable bonds is 0. The Balaban J connectivity index is 2.15. The van der Waals surface area contributed by atoms with E-state index in [1.807, 2.05) is 0 Å². The fraction of sp³-hybridized carbons (Fsp3) is 0.667. The summed E-state index contributed by atoms with van der Waals surface area (Å²) in [5.74, 6) is -3.15. The van der Waals surface area contributed by atoms with E-state index in [1.165, 1.54) is 0 Å². The summed E-state index contributed by atoms with van der Waals surface area (Å²) in [6.45, 7) is 0. The number of hydrogen-bond donors (Lipinski definition) is 2. The first-order chi connectivity index (χ1) is 6.44. The van der Waals surface area contributed by atoms with E-state index in [2.05, 4.69) is 5.32 Å². The highest BCUT2D eigenvalue weighted by atomic mass is 19.3. The molecule has 0 saturated heterocycles. The molecule has 0 radical (unpaired) electrons. The first kappa shape index (κ1) is 9.43. The van der Waals surface area contributed by atoms with Crippen LogP contribution in [0.5, 0.6) is 0 Å². The van der Waals surface area contributed by atoms with Crippen molar-refractivity contribution in [1.29, 1.82) is 0 Å². The van der Waals surface area contributed by atoms with Gasteiger partial charge in [-0.05, 0) is 12.8 Å². The Bertz CT molecular complexity index is 302. The lowest BCUT2D eigenvalue weighted by molar-refractivity contribution is -0.118. The minimum absolute atomic E-state index is 0.0991. The quantitative estimate of drug-likeness (QED) is 0.626. The lowest BCUT2D eigenvalue weighted by Crippen LogP contribution is -2.49. The second-order valence-electron chi connectivity index (χ2n) is 3.96. The summed E-state index contributed by atoms with van der Waals surface area (Å²) < 4.78 is 25.7. The zero-order valence-electron chi connectivity index (χ0n) is 7.52. The van der Waals surface area contributed by atoms with E-state index in [4.69, 9.17) is 0 Å². The highest BCUT2D eigenvalue weighted by Gasteiger charge is 2.48. The summed E-state index contributed by atoms with van der Waals surface area (Å²) in [4.78, 5) is 11.0. The summed E-state index contributed by atoms with van der Waals surface area (Å²) in [5.41, 5.74) is -0.904. The molecule has 2 rings (SSSR count). The Labute approximate surface area is 79.8 Å². The number of aliphatic hydroxyl groups excluding tert-OH is 1. The zero-order valence-corrected chi connectivity index (χ0v) is 7.52. The first-order valence-electron chi connectivity index (χ1n) is 4.55. The highest BCUT2D eigenvalue weighted by molar-refractivity contribution is 5.92. The van der Waals surface area contributed by atoms with Gasteiger partial charge in [0.1, 0.15) is 5.76 Å². The third kappa shape index (κ3) is 1.36. The van der Waals surface area contributed by atoms with Crippen LogP contribution in [0.2, 0.25) is 0 Å². The molecule has 78 valence electrons. The van der Waals surface area contributed by atoms with Crippen LogP contribution in [0.3, 0.4) is 0 Å². The van der Waals surface area contributed by atoms with E-state index in [0.717, 1.165) is 6.08 Å². The van der Waals surface area contributed by atoms with Crippen LogP contribution in [0.4, 0.5) is 8.78 Å². The minimum Gasteiger partial charge on any atom is -0.510 e. The van der Waals surface area contributed by atoms with Gasteiger partial charge in [-0.2, -0.15) is 0 Å². The van der Waals surface area contributed by atoms with E-state index in [1.54, 1.807) is 0 Å². The molecule has 1 amide bonds. The second-order valence-corrected chi connectivity index (χ2v) is 3.96. The normalized spacial score (nSPS) is 28.7. The molecule has 1 spiro atoms. The molecule has 1 heterocycles. The predicted octanol–water partition coefficient (Wildman–Crippen LogP) is 1.51. The van der Waals surface area contributed by atoms with Gasteiger partial charge in [-0.1, -0.05) is 0 Å². The molecule has 14 heavy (non-hydrogen) atoms. The molecule has 2 aliphatic rings. The number of hydrogen-bond acceptors (Lipinski definition) is 2. The van der Waals surface area contributed by atoms with Crippen molar-refractivity contribution in [3.8, 4) is 0 Å². The van der Waals surface area contributed by atoms with Gasteiger partial charge in [-0.25, -0.2) is 8.78 Å². The molecular formula is C9H11F2NO2. The molecule has 0 bridgehead atoms. The van der Waals surface area contributed by atoms with Crippen LogP contribution in [0, 0.1) is 0 Å². The Morgan fingerprint density at radius 2 is 1.86 bits per heavy atom. The molecule has 0 atom stereocenters. The lowest BCUT2D eigenvalue weighted by atomic mass is 9.79. The van der Waals surface area contributed by atoms with Crippen LogP contribution >= 0.6 is 0 Å². The van der Waals surface area contributed by atoms with Crippen molar-refractivity contribution in [2.24, 2.45) is 0 Å². The standard InChI is InChI=1S/C9H11F2NO2/c10-9(11)3-1-8(2-4-9)6(13)5-7(14)12-8/h5,13H,1-4H2,(H,12,14). The number of carbonyl (C=O) groups is 1. The highest BCUT2D eigenvalue weighted by Crippen LogP contribution is 2.42. The summed E-state index contributed by atoms with van der Waals surface area (Å²) in [7, 11) is 0. The summed E-state index contributed by atoms with van der Waals surface area (Å²) in [6, 6.07) is 0. The van der Waals surface area contributed by atoms with Crippen molar-refractivity contribution in [3.05, 3.63) is 11.8 Å². The van der Waals surface area contributed by atoms with E-state index >= 15 is 0 Å². The molecule has 1 aliphatic heterocycles. The molecule has 1 fully saturated rings. The van der Waals surface area contributed by atoms with Crippen LogP contribution < -0.4 is 5.32 Å². The maximum atomic E-state index is 12.9. The van der Waals surface area contributed by atoms with Crippen molar-refractivity contribution >= 4 is 5.91 Å². The molecule has 1 aliphatic carbocycles. The average Bonchev–Trinajstić information content (AvgIpc) is 2.35. The van der Waals surface area contributed by atoms with Gasteiger partial charge in [-0.15, -0.1) is 0 Å². The third-order valence-electron chi connectivity index (χ3n) is 2.96. The van der Waals surface area contributed by atoms with Crippen molar-refractivity contribution in [3.63, 3.8) is 0 Å². The van der Waals surface area contributed by atoms with Crippen molar-refractivity contribution in [2.45, 2.75) is 37.1 Å². The maximum Gasteiger partial charge on any atom is 0.248 e. The van der Waals surface area contributed by atoms with Crippen LogP contribution in [0.25, 0.3) is 0 Å².